The summed E-state index contributed by atoms with van der Waals surface area (Å²) in [5.74, 6) is 1.22. The number of aromatic amines is 1. The van der Waals surface area contributed by atoms with E-state index in [1.165, 1.54) is 6.07 Å². The molecule has 0 unspecified atom stereocenters. The molecule has 0 bridgehead atoms. The Labute approximate surface area is 167 Å². The van der Waals surface area contributed by atoms with Crippen LogP contribution in [0.4, 0.5) is 4.39 Å². The highest BCUT2D eigenvalue weighted by molar-refractivity contribution is 5.83. The molecule has 0 spiro atoms. The van der Waals surface area contributed by atoms with Crippen molar-refractivity contribution in [2.24, 2.45) is 4.99 Å². The molecule has 8 heteroatoms. The Hall–Kier alpha value is -3.68. The largest absolute Gasteiger partial charge is 0.361 e. The summed E-state index contributed by atoms with van der Waals surface area (Å²) in [6, 6.07) is 14.7. The third-order valence-corrected chi connectivity index (χ3v) is 4.71. The van der Waals surface area contributed by atoms with Crippen LogP contribution in [-0.4, -0.2) is 39.3 Å². The number of rotatable bonds is 6. The highest BCUT2D eigenvalue weighted by Crippen LogP contribution is 2.19. The van der Waals surface area contributed by atoms with Gasteiger partial charge in [0.05, 0.1) is 6.54 Å². The normalized spacial score (nSPS) is 11.7. The first-order valence-electron chi connectivity index (χ1n) is 9.39. The molecule has 0 saturated carbocycles. The number of nitrogens with zero attached hydrogens (tertiary/aromatic N) is 4. The van der Waals surface area contributed by atoms with Crippen molar-refractivity contribution in [3.05, 3.63) is 78.3 Å². The standard InChI is InChI=1S/C21H22FN7/c1-23-21(24-10-9-15-12-25-19-8-7-16(22)11-18(15)19)26-13-20-28-27-14-29(20)17-5-3-2-4-6-17/h2-8,11-12,14,25H,9-10,13H2,1H3,(H2,23,24,26). The third kappa shape index (κ3) is 4.26. The van der Waals surface area contributed by atoms with Gasteiger partial charge in [0.2, 0.25) is 0 Å². The molecule has 0 atom stereocenters. The van der Waals surface area contributed by atoms with E-state index in [0.29, 0.717) is 19.0 Å². The molecule has 0 aliphatic heterocycles. The van der Waals surface area contributed by atoms with Crippen LogP contribution in [0.15, 0.2) is 66.0 Å². The number of hydrogen-bond donors (Lipinski definition) is 3. The van der Waals surface area contributed by atoms with Crippen molar-refractivity contribution in [3.63, 3.8) is 0 Å². The van der Waals surface area contributed by atoms with Gasteiger partial charge in [-0.05, 0) is 42.3 Å². The lowest BCUT2D eigenvalue weighted by molar-refractivity contribution is 0.629. The first kappa shape index (κ1) is 18.7. The molecule has 0 aliphatic carbocycles. The van der Waals surface area contributed by atoms with Crippen LogP contribution >= 0.6 is 0 Å². The summed E-state index contributed by atoms with van der Waals surface area (Å²) in [4.78, 5) is 7.43. The van der Waals surface area contributed by atoms with E-state index in [1.807, 2.05) is 41.1 Å². The summed E-state index contributed by atoms with van der Waals surface area (Å²) < 4.78 is 15.4. The second-order valence-electron chi connectivity index (χ2n) is 6.56. The second kappa shape index (κ2) is 8.55. The Morgan fingerprint density at radius 2 is 2.03 bits per heavy atom. The summed E-state index contributed by atoms with van der Waals surface area (Å²) in [6.07, 6.45) is 4.35. The van der Waals surface area contributed by atoms with Crippen LogP contribution in [-0.2, 0) is 13.0 Å². The highest BCUT2D eigenvalue weighted by Gasteiger charge is 2.08. The lowest BCUT2D eigenvalue weighted by Crippen LogP contribution is -2.38. The quantitative estimate of drug-likeness (QED) is 0.349. The van der Waals surface area contributed by atoms with Gasteiger partial charge in [-0.2, -0.15) is 0 Å². The second-order valence-corrected chi connectivity index (χ2v) is 6.56. The number of nitrogens with one attached hydrogen (secondary N) is 3. The van der Waals surface area contributed by atoms with Gasteiger partial charge < -0.3 is 15.6 Å². The van der Waals surface area contributed by atoms with E-state index in [1.54, 1.807) is 25.5 Å². The first-order valence-corrected chi connectivity index (χ1v) is 9.39. The Morgan fingerprint density at radius 1 is 1.17 bits per heavy atom. The van der Waals surface area contributed by atoms with Gasteiger partial charge in [-0.3, -0.25) is 9.56 Å². The number of H-pyrrole nitrogens is 1. The van der Waals surface area contributed by atoms with E-state index in [9.17, 15) is 4.39 Å². The third-order valence-electron chi connectivity index (χ3n) is 4.71. The Bertz CT molecular complexity index is 1110. The molecule has 4 rings (SSSR count). The van der Waals surface area contributed by atoms with Gasteiger partial charge in [0.15, 0.2) is 11.8 Å². The zero-order valence-corrected chi connectivity index (χ0v) is 16.1. The van der Waals surface area contributed by atoms with Crippen LogP contribution in [0.2, 0.25) is 0 Å². The summed E-state index contributed by atoms with van der Waals surface area (Å²) in [7, 11) is 1.72. The number of para-hydroxylation sites is 1. The van der Waals surface area contributed by atoms with Crippen molar-refractivity contribution in [2.45, 2.75) is 13.0 Å². The van der Waals surface area contributed by atoms with Gasteiger partial charge in [0.25, 0.3) is 0 Å². The molecule has 0 amide bonds. The number of halogens is 1. The van der Waals surface area contributed by atoms with E-state index in [4.69, 9.17) is 0 Å². The summed E-state index contributed by atoms with van der Waals surface area (Å²) in [5.41, 5.74) is 3.00. The van der Waals surface area contributed by atoms with Crippen molar-refractivity contribution in [1.82, 2.24) is 30.4 Å². The summed E-state index contributed by atoms with van der Waals surface area (Å²) in [5, 5.41) is 15.6. The molecular weight excluding hydrogens is 369 g/mol. The molecule has 148 valence electrons. The molecule has 3 N–H and O–H groups in total. The monoisotopic (exact) mass is 391 g/mol. The van der Waals surface area contributed by atoms with Crippen LogP contribution in [0.1, 0.15) is 11.4 Å². The maximum Gasteiger partial charge on any atom is 0.191 e. The lowest BCUT2D eigenvalue weighted by Gasteiger charge is -2.12. The molecule has 0 saturated heterocycles. The first-order chi connectivity index (χ1) is 14.2. The molecule has 0 aliphatic rings. The van der Waals surface area contributed by atoms with Gasteiger partial charge in [0, 0.05) is 36.4 Å². The number of hydrogen-bond acceptors (Lipinski definition) is 3. The van der Waals surface area contributed by atoms with Crippen molar-refractivity contribution in [1.29, 1.82) is 0 Å². The minimum Gasteiger partial charge on any atom is -0.361 e. The topological polar surface area (TPSA) is 82.9 Å². The highest BCUT2D eigenvalue weighted by atomic mass is 19.1. The predicted octanol–water partition coefficient (Wildman–Crippen LogP) is 2.80. The predicted molar refractivity (Wildman–Crippen MR) is 112 cm³/mol. The molecule has 29 heavy (non-hydrogen) atoms. The fraction of sp³-hybridized carbons (Fsp3) is 0.190. The molecule has 0 radical (unpaired) electrons. The number of aromatic nitrogens is 4. The summed E-state index contributed by atoms with van der Waals surface area (Å²) in [6.45, 7) is 1.14. The zero-order chi connectivity index (χ0) is 20.1. The number of guanidine groups is 1. The fourth-order valence-electron chi connectivity index (χ4n) is 3.24. The van der Waals surface area contributed by atoms with E-state index >= 15 is 0 Å². The van der Waals surface area contributed by atoms with Crippen LogP contribution in [0.25, 0.3) is 16.6 Å². The Balaban J connectivity index is 1.34. The van der Waals surface area contributed by atoms with E-state index in [2.05, 4.69) is 30.8 Å². The average Bonchev–Trinajstić information content (AvgIpc) is 3.38. The Kier molecular flexibility index (Phi) is 5.51. The van der Waals surface area contributed by atoms with Crippen LogP contribution < -0.4 is 10.6 Å². The fourth-order valence-corrected chi connectivity index (χ4v) is 3.24. The van der Waals surface area contributed by atoms with Crippen LogP contribution in [0.5, 0.6) is 0 Å². The summed E-state index contributed by atoms with van der Waals surface area (Å²) >= 11 is 0. The smallest absolute Gasteiger partial charge is 0.191 e. The van der Waals surface area contributed by atoms with E-state index in [0.717, 1.165) is 34.4 Å². The lowest BCUT2D eigenvalue weighted by atomic mass is 10.1. The molecule has 0 fully saturated rings. The van der Waals surface area contributed by atoms with Crippen molar-refractivity contribution < 1.29 is 4.39 Å². The van der Waals surface area contributed by atoms with Crippen LogP contribution in [0.3, 0.4) is 0 Å². The molecule has 2 aromatic heterocycles. The minimum absolute atomic E-state index is 0.230. The van der Waals surface area contributed by atoms with Crippen molar-refractivity contribution in [3.8, 4) is 5.69 Å². The molecule has 2 heterocycles. The molecule has 2 aromatic carbocycles. The van der Waals surface area contributed by atoms with E-state index < -0.39 is 0 Å². The van der Waals surface area contributed by atoms with Crippen LogP contribution in [0, 0.1) is 5.82 Å². The SMILES string of the molecule is CN=C(NCCc1c[nH]c2ccc(F)cc12)NCc1nncn1-c1ccccc1. The van der Waals surface area contributed by atoms with Gasteiger partial charge in [0.1, 0.15) is 12.1 Å². The van der Waals surface area contributed by atoms with Gasteiger partial charge in [-0.1, -0.05) is 18.2 Å². The maximum absolute atomic E-state index is 13.5. The van der Waals surface area contributed by atoms with Gasteiger partial charge in [-0.25, -0.2) is 4.39 Å². The number of fused-ring (bicyclic) bond motifs is 1. The zero-order valence-electron chi connectivity index (χ0n) is 16.1. The molecular formula is C21H22FN7. The van der Waals surface area contributed by atoms with E-state index in [-0.39, 0.29) is 5.82 Å². The molecule has 4 aromatic rings. The average molecular weight is 391 g/mol. The van der Waals surface area contributed by atoms with Crippen molar-refractivity contribution >= 4 is 16.9 Å². The van der Waals surface area contributed by atoms with Crippen molar-refractivity contribution in [2.75, 3.05) is 13.6 Å². The maximum atomic E-state index is 13.5. The number of benzene rings is 2. The molecule has 7 nitrogen and oxygen atoms in total. The Morgan fingerprint density at radius 3 is 2.86 bits per heavy atom. The number of aliphatic imine (C=N–C) groups is 1. The minimum atomic E-state index is -0.230. The van der Waals surface area contributed by atoms with Gasteiger partial charge in [-0.15, -0.1) is 10.2 Å². The van der Waals surface area contributed by atoms with Gasteiger partial charge >= 0.3 is 0 Å².